The smallest absolute Gasteiger partial charge is 0.481 e. The third kappa shape index (κ3) is 9.17. The number of hydrogen-bond donors (Lipinski definition) is 4. The van der Waals surface area contributed by atoms with Crippen LogP contribution in [0, 0.1) is 0 Å². The van der Waals surface area contributed by atoms with Gasteiger partial charge in [0.2, 0.25) is 0 Å². The number of H-pyrrole nitrogens is 1. The average Bonchev–Trinajstić information content (AvgIpc) is 3.60. The fourth-order valence-corrected chi connectivity index (χ4v) is 4.60. The van der Waals surface area contributed by atoms with E-state index in [4.69, 9.17) is 9.84 Å². The molecule has 0 aliphatic heterocycles. The van der Waals surface area contributed by atoms with Gasteiger partial charge in [0.05, 0.1) is 29.4 Å². The number of alkyl halides is 3. The summed E-state index contributed by atoms with van der Waals surface area (Å²) in [5.41, 5.74) is 3.92. The highest BCUT2D eigenvalue weighted by Gasteiger charge is 2.31. The lowest BCUT2D eigenvalue weighted by Crippen LogP contribution is -2.18. The van der Waals surface area contributed by atoms with E-state index >= 15 is 0 Å². The van der Waals surface area contributed by atoms with E-state index in [1.54, 1.807) is 18.5 Å². The van der Waals surface area contributed by atoms with Crippen LogP contribution in [0.1, 0.15) is 30.4 Å². The molecule has 0 bridgehead atoms. The van der Waals surface area contributed by atoms with Crippen LogP contribution in [0.5, 0.6) is 5.75 Å². The number of nitrogens with one attached hydrogen (secondary N) is 3. The van der Waals surface area contributed by atoms with Gasteiger partial charge in [-0.2, -0.15) is 5.10 Å². The second-order valence-corrected chi connectivity index (χ2v) is 9.77. The zero-order chi connectivity index (χ0) is 28.4. The maximum atomic E-state index is 12.7. The highest BCUT2D eigenvalue weighted by molar-refractivity contribution is 7.09. The number of rotatable bonds is 16. The van der Waals surface area contributed by atoms with Gasteiger partial charge in [-0.15, -0.1) is 18.3 Å². The second-order valence-electron chi connectivity index (χ2n) is 8.99. The number of carboxylic acid groups (broad SMARTS) is 1. The van der Waals surface area contributed by atoms with Crippen LogP contribution in [0.25, 0.3) is 21.3 Å². The van der Waals surface area contributed by atoms with Crippen molar-refractivity contribution in [1.82, 2.24) is 25.1 Å². The Kier molecular flexibility index (Phi) is 10.3. The molecule has 4 rings (SSSR count). The molecule has 14 heteroatoms. The summed E-state index contributed by atoms with van der Waals surface area (Å²) in [6.45, 7) is 2.69. The molecule has 4 N–H and O–H groups in total. The molecule has 0 aliphatic rings. The Morgan fingerprint density at radius 3 is 2.67 bits per heavy atom. The summed E-state index contributed by atoms with van der Waals surface area (Å²) >= 11 is 1.32. The normalized spacial score (nSPS) is 11.7. The minimum Gasteiger partial charge on any atom is -0.481 e. The van der Waals surface area contributed by atoms with Crippen molar-refractivity contribution in [3.05, 3.63) is 53.9 Å². The Labute approximate surface area is 232 Å². The number of fused-ring (bicyclic) bond motifs is 1. The van der Waals surface area contributed by atoms with Crippen LogP contribution in [0.3, 0.4) is 0 Å². The van der Waals surface area contributed by atoms with Crippen molar-refractivity contribution in [1.29, 1.82) is 0 Å². The van der Waals surface area contributed by atoms with Gasteiger partial charge in [-0.3, -0.25) is 9.89 Å². The molecule has 214 valence electrons. The molecule has 40 heavy (non-hydrogen) atoms. The average molecular weight is 579 g/mol. The SMILES string of the molecule is O=C(O)CCc1cc(CNCCCCOCCNc2cc(-c3cnns3)cc3[nH]ncc23)cc(OC(F)(F)F)c1. The molecule has 10 nitrogen and oxygen atoms in total. The maximum absolute atomic E-state index is 12.7. The number of ether oxygens (including phenoxy) is 2. The summed E-state index contributed by atoms with van der Waals surface area (Å²) in [6.07, 6.45) is 0.251. The van der Waals surface area contributed by atoms with Gasteiger partial charge in [0.25, 0.3) is 0 Å². The van der Waals surface area contributed by atoms with E-state index in [-0.39, 0.29) is 18.6 Å². The van der Waals surface area contributed by atoms with Crippen LogP contribution in [-0.2, 0) is 22.5 Å². The minimum absolute atomic E-state index is 0.117. The predicted molar refractivity (Wildman–Crippen MR) is 144 cm³/mol. The lowest BCUT2D eigenvalue weighted by Gasteiger charge is -2.13. The van der Waals surface area contributed by atoms with Crippen molar-refractivity contribution >= 4 is 34.1 Å². The van der Waals surface area contributed by atoms with E-state index in [9.17, 15) is 18.0 Å². The Morgan fingerprint density at radius 1 is 1.05 bits per heavy atom. The monoisotopic (exact) mass is 578 g/mol. The molecule has 4 aromatic rings. The van der Waals surface area contributed by atoms with Crippen molar-refractivity contribution in [2.45, 2.75) is 38.6 Å². The Hall–Kier alpha value is -3.75. The molecule has 2 heterocycles. The Balaban J connectivity index is 1.14. The number of aromatic nitrogens is 4. The van der Waals surface area contributed by atoms with E-state index in [0.717, 1.165) is 39.9 Å². The lowest BCUT2D eigenvalue weighted by molar-refractivity contribution is -0.274. The highest BCUT2D eigenvalue weighted by Crippen LogP contribution is 2.31. The standard InChI is InChI=1S/C26H29F3N6O4S/c27-26(28,29)39-20-10-17(3-4-25(36)37)9-18(11-20)14-30-5-1-2-7-38-8-6-31-22-12-19(24-16-33-35-40-24)13-23-21(22)15-32-34-23/h9-13,15-16,30-31H,1-8,14H2,(H,32,34)(H,36,37). The van der Waals surface area contributed by atoms with Crippen molar-refractivity contribution in [3.63, 3.8) is 0 Å². The number of aryl methyl sites for hydroxylation is 1. The van der Waals surface area contributed by atoms with Crippen LogP contribution in [0.2, 0.25) is 0 Å². The van der Waals surface area contributed by atoms with Crippen LogP contribution in [0.4, 0.5) is 18.9 Å². The topological polar surface area (TPSA) is 134 Å². The summed E-state index contributed by atoms with van der Waals surface area (Å²) in [7, 11) is 0. The molecule has 2 aromatic carbocycles. The van der Waals surface area contributed by atoms with Crippen LogP contribution in [-0.4, -0.2) is 63.5 Å². The molecule has 0 radical (unpaired) electrons. The fourth-order valence-electron chi connectivity index (χ4n) is 4.10. The van der Waals surface area contributed by atoms with E-state index < -0.39 is 12.3 Å². The van der Waals surface area contributed by atoms with E-state index in [2.05, 4.69) is 35.2 Å². The number of carboxylic acids is 1. The Morgan fingerprint density at radius 2 is 1.90 bits per heavy atom. The summed E-state index contributed by atoms with van der Waals surface area (Å²) < 4.78 is 51.7. The van der Waals surface area contributed by atoms with Gasteiger partial charge in [-0.05, 0) is 78.3 Å². The first kappa shape index (κ1) is 29.2. The number of carbonyl (C=O) groups is 1. The molecule has 0 saturated carbocycles. The largest absolute Gasteiger partial charge is 0.573 e. The molecular formula is C26H29F3N6O4S. The number of aliphatic carboxylic acids is 1. The molecule has 0 aliphatic carbocycles. The van der Waals surface area contributed by atoms with Crippen molar-refractivity contribution in [2.75, 3.05) is 31.6 Å². The van der Waals surface area contributed by atoms with Gasteiger partial charge in [-0.1, -0.05) is 10.6 Å². The molecule has 0 amide bonds. The summed E-state index contributed by atoms with van der Waals surface area (Å²) in [5.74, 6) is -1.37. The third-order valence-corrected chi connectivity index (χ3v) is 6.59. The van der Waals surface area contributed by atoms with Crippen molar-refractivity contribution in [2.24, 2.45) is 0 Å². The van der Waals surface area contributed by atoms with Gasteiger partial charge in [0.1, 0.15) is 5.75 Å². The third-order valence-electron chi connectivity index (χ3n) is 5.87. The van der Waals surface area contributed by atoms with Gasteiger partial charge >= 0.3 is 12.3 Å². The van der Waals surface area contributed by atoms with E-state index in [1.165, 1.54) is 23.7 Å². The van der Waals surface area contributed by atoms with Crippen LogP contribution in [0.15, 0.2) is 42.7 Å². The molecule has 0 unspecified atom stereocenters. The zero-order valence-corrected chi connectivity index (χ0v) is 22.3. The number of unbranched alkanes of at least 4 members (excludes halogenated alkanes) is 1. The first-order valence-corrected chi connectivity index (χ1v) is 13.4. The fraction of sp³-hybridized carbons (Fsp3) is 0.385. The summed E-state index contributed by atoms with van der Waals surface area (Å²) in [5, 5.41) is 27.5. The number of nitrogens with zero attached hydrogens (tertiary/aromatic N) is 3. The Bertz CT molecular complexity index is 1380. The first-order valence-electron chi connectivity index (χ1n) is 12.6. The second kappa shape index (κ2) is 14.1. The number of aromatic amines is 1. The lowest BCUT2D eigenvalue weighted by atomic mass is 10.1. The minimum atomic E-state index is -4.82. The molecule has 2 aromatic heterocycles. The van der Waals surface area contributed by atoms with Crippen molar-refractivity contribution in [3.8, 4) is 16.2 Å². The highest BCUT2D eigenvalue weighted by atomic mass is 32.1. The van der Waals surface area contributed by atoms with Gasteiger partial charge in [0.15, 0.2) is 0 Å². The molecule has 0 atom stereocenters. The number of hydrogen-bond acceptors (Lipinski definition) is 9. The number of benzene rings is 2. The molecule has 0 saturated heterocycles. The summed E-state index contributed by atoms with van der Waals surface area (Å²) in [6, 6.07) is 8.27. The van der Waals surface area contributed by atoms with E-state index in [1.807, 2.05) is 12.1 Å². The molecular weight excluding hydrogens is 549 g/mol. The quantitative estimate of drug-likeness (QED) is 0.136. The first-order chi connectivity index (χ1) is 19.3. The molecule has 0 spiro atoms. The summed E-state index contributed by atoms with van der Waals surface area (Å²) in [4.78, 5) is 11.8. The van der Waals surface area contributed by atoms with Gasteiger partial charge in [-0.25, -0.2) is 0 Å². The van der Waals surface area contributed by atoms with Gasteiger partial charge in [0, 0.05) is 37.2 Å². The predicted octanol–water partition coefficient (Wildman–Crippen LogP) is 5.00. The molecule has 0 fully saturated rings. The van der Waals surface area contributed by atoms with Gasteiger partial charge < -0.3 is 25.2 Å². The number of anilines is 1. The van der Waals surface area contributed by atoms with Crippen molar-refractivity contribution < 1.29 is 32.5 Å². The van der Waals surface area contributed by atoms with Crippen LogP contribution >= 0.6 is 11.5 Å². The number of halogens is 3. The van der Waals surface area contributed by atoms with E-state index in [0.29, 0.717) is 44.0 Å². The maximum Gasteiger partial charge on any atom is 0.573 e. The van der Waals surface area contributed by atoms with Crippen LogP contribution < -0.4 is 15.4 Å². The zero-order valence-electron chi connectivity index (χ0n) is 21.5.